The minimum atomic E-state index is -4.31. The van der Waals surface area contributed by atoms with E-state index >= 15 is 0 Å². The zero-order valence-corrected chi connectivity index (χ0v) is 13.7. The average molecular weight is 338 g/mol. The van der Waals surface area contributed by atoms with Crippen LogP contribution >= 0.6 is 0 Å². The molecule has 1 heterocycles. The summed E-state index contributed by atoms with van der Waals surface area (Å²) in [6.07, 6.45) is -0.367. The van der Waals surface area contributed by atoms with Crippen molar-refractivity contribution in [3.63, 3.8) is 0 Å². The van der Waals surface area contributed by atoms with Crippen molar-refractivity contribution in [1.82, 2.24) is 15.2 Å². The second-order valence-corrected chi connectivity index (χ2v) is 5.43. The van der Waals surface area contributed by atoms with Crippen LogP contribution in [-0.4, -0.2) is 17.1 Å². The Labute approximate surface area is 139 Å². The van der Waals surface area contributed by atoms with Gasteiger partial charge in [-0.15, -0.1) is 0 Å². The molecule has 2 aromatic rings. The van der Waals surface area contributed by atoms with Crippen LogP contribution < -0.4 is 10.6 Å². The van der Waals surface area contributed by atoms with Crippen molar-refractivity contribution in [2.75, 3.05) is 6.54 Å². The van der Waals surface area contributed by atoms with Crippen LogP contribution in [0.1, 0.15) is 23.6 Å². The van der Waals surface area contributed by atoms with Gasteiger partial charge in [0.2, 0.25) is 0 Å². The molecule has 2 rings (SSSR count). The Kier molecular flexibility index (Phi) is 5.89. The molecule has 4 nitrogen and oxygen atoms in total. The molecule has 7 heteroatoms. The van der Waals surface area contributed by atoms with E-state index in [1.165, 1.54) is 12.1 Å². The van der Waals surface area contributed by atoms with E-state index < -0.39 is 11.7 Å². The van der Waals surface area contributed by atoms with E-state index in [-0.39, 0.29) is 0 Å². The minimum absolute atomic E-state index is 0.402. The van der Waals surface area contributed by atoms with Crippen molar-refractivity contribution in [3.05, 3.63) is 59.4 Å². The second kappa shape index (κ2) is 7.90. The minimum Gasteiger partial charge on any atom is -0.357 e. The predicted octanol–water partition coefficient (Wildman–Crippen LogP) is 3.30. The van der Waals surface area contributed by atoms with Gasteiger partial charge >= 0.3 is 6.18 Å². The van der Waals surface area contributed by atoms with E-state index in [9.17, 15) is 13.2 Å². The van der Waals surface area contributed by atoms with Crippen LogP contribution in [0.5, 0.6) is 0 Å². The number of aromatic nitrogens is 1. The van der Waals surface area contributed by atoms with Crippen molar-refractivity contribution in [2.24, 2.45) is 12.0 Å². The third-order valence-corrected chi connectivity index (χ3v) is 3.40. The molecule has 2 N–H and O–H groups in total. The fourth-order valence-electron chi connectivity index (χ4n) is 2.16. The average Bonchev–Trinajstić information content (AvgIpc) is 2.95. The van der Waals surface area contributed by atoms with Crippen molar-refractivity contribution in [3.8, 4) is 0 Å². The molecular weight excluding hydrogens is 317 g/mol. The molecule has 0 fully saturated rings. The molecule has 130 valence electrons. The maximum Gasteiger partial charge on any atom is 0.416 e. The van der Waals surface area contributed by atoms with Crippen molar-refractivity contribution >= 4 is 5.96 Å². The van der Waals surface area contributed by atoms with Gasteiger partial charge in [0.1, 0.15) is 0 Å². The molecule has 1 aromatic carbocycles. The Balaban J connectivity index is 1.95. The summed E-state index contributed by atoms with van der Waals surface area (Å²) < 4.78 is 39.6. The topological polar surface area (TPSA) is 41.4 Å². The predicted molar refractivity (Wildman–Crippen MR) is 88.5 cm³/mol. The lowest BCUT2D eigenvalue weighted by Crippen LogP contribution is -2.36. The van der Waals surface area contributed by atoms with Crippen LogP contribution in [0.25, 0.3) is 0 Å². The molecule has 0 spiro atoms. The van der Waals surface area contributed by atoms with Gasteiger partial charge in [-0.2, -0.15) is 13.2 Å². The molecular formula is C17H21F3N4. The normalized spacial score (nSPS) is 12.3. The fraction of sp³-hybridized carbons (Fsp3) is 0.353. The number of alkyl halides is 3. The number of nitrogens with zero attached hydrogens (tertiary/aromatic N) is 2. The van der Waals surface area contributed by atoms with Crippen molar-refractivity contribution < 1.29 is 13.2 Å². The number of nitrogens with one attached hydrogen (secondary N) is 2. The lowest BCUT2D eigenvalue weighted by molar-refractivity contribution is -0.137. The van der Waals surface area contributed by atoms with E-state index in [0.717, 1.165) is 23.3 Å². The first-order valence-corrected chi connectivity index (χ1v) is 7.67. The van der Waals surface area contributed by atoms with Gasteiger partial charge in [0.15, 0.2) is 5.96 Å². The fourth-order valence-corrected chi connectivity index (χ4v) is 2.16. The van der Waals surface area contributed by atoms with Crippen molar-refractivity contribution in [2.45, 2.75) is 26.2 Å². The van der Waals surface area contributed by atoms with Crippen LogP contribution in [0, 0.1) is 0 Å². The quantitative estimate of drug-likeness (QED) is 0.649. The highest BCUT2D eigenvalue weighted by molar-refractivity contribution is 5.79. The molecule has 1 aromatic heterocycles. The van der Waals surface area contributed by atoms with E-state index in [0.29, 0.717) is 25.6 Å². The molecule has 0 aliphatic rings. The van der Waals surface area contributed by atoms with E-state index in [1.807, 2.05) is 37.0 Å². The Morgan fingerprint density at radius 1 is 1.08 bits per heavy atom. The van der Waals surface area contributed by atoms with Crippen LogP contribution in [0.15, 0.2) is 47.7 Å². The Morgan fingerprint density at radius 3 is 2.33 bits per heavy atom. The third-order valence-electron chi connectivity index (χ3n) is 3.40. The summed E-state index contributed by atoms with van der Waals surface area (Å²) in [6.45, 7) is 3.59. The molecule has 0 aliphatic carbocycles. The van der Waals surface area contributed by atoms with E-state index in [2.05, 4.69) is 15.6 Å². The molecule has 0 unspecified atom stereocenters. The number of halogens is 3. The Hall–Kier alpha value is -2.44. The largest absolute Gasteiger partial charge is 0.416 e. The molecule has 0 saturated carbocycles. The van der Waals surface area contributed by atoms with Gasteiger partial charge in [0.05, 0.1) is 12.1 Å². The molecule has 0 atom stereocenters. The van der Waals surface area contributed by atoms with Crippen LogP contribution in [-0.2, 0) is 26.3 Å². The number of guanidine groups is 1. The molecule has 0 saturated heterocycles. The van der Waals surface area contributed by atoms with E-state index in [4.69, 9.17) is 0 Å². The standard InChI is InChI=1S/C17H21F3N4/c1-3-21-16(23-11-14-8-9-24(2)12-14)22-10-13-4-6-15(7-5-13)17(18,19)20/h4-9,12H,3,10-11H2,1-2H3,(H2,21,22,23). The summed E-state index contributed by atoms with van der Waals surface area (Å²) in [5.41, 5.74) is 1.20. The number of benzene rings is 1. The third kappa shape index (κ3) is 5.33. The summed E-state index contributed by atoms with van der Waals surface area (Å²) in [5.74, 6) is 0.626. The molecule has 24 heavy (non-hydrogen) atoms. The van der Waals surface area contributed by atoms with Crippen molar-refractivity contribution in [1.29, 1.82) is 0 Å². The highest BCUT2D eigenvalue weighted by atomic mass is 19.4. The van der Waals surface area contributed by atoms with Gasteiger partial charge < -0.3 is 15.2 Å². The first-order chi connectivity index (χ1) is 11.4. The first kappa shape index (κ1) is 17.9. The van der Waals surface area contributed by atoms with E-state index in [1.54, 1.807) is 0 Å². The number of hydrogen-bond acceptors (Lipinski definition) is 1. The summed E-state index contributed by atoms with van der Waals surface area (Å²) in [5, 5.41) is 6.24. The summed E-state index contributed by atoms with van der Waals surface area (Å²) in [6, 6.07) is 7.10. The van der Waals surface area contributed by atoms with Crippen LogP contribution in [0.2, 0.25) is 0 Å². The highest BCUT2D eigenvalue weighted by Crippen LogP contribution is 2.28. The Bertz CT molecular complexity index is 672. The molecule has 0 amide bonds. The lowest BCUT2D eigenvalue weighted by atomic mass is 10.1. The zero-order chi connectivity index (χ0) is 17.6. The van der Waals surface area contributed by atoms with Gasteiger partial charge in [-0.25, -0.2) is 4.99 Å². The molecule has 0 radical (unpaired) electrons. The summed E-state index contributed by atoms with van der Waals surface area (Å²) in [4.78, 5) is 4.47. The smallest absolute Gasteiger partial charge is 0.357 e. The van der Waals surface area contributed by atoms with Gasteiger partial charge in [-0.1, -0.05) is 12.1 Å². The maximum atomic E-state index is 12.6. The zero-order valence-electron chi connectivity index (χ0n) is 13.7. The first-order valence-electron chi connectivity index (χ1n) is 7.67. The number of hydrogen-bond donors (Lipinski definition) is 2. The van der Waals surface area contributed by atoms with Gasteiger partial charge in [-0.3, -0.25) is 0 Å². The van der Waals surface area contributed by atoms with Crippen LogP contribution in [0.3, 0.4) is 0 Å². The molecule has 0 aliphatic heterocycles. The Morgan fingerprint density at radius 2 is 1.79 bits per heavy atom. The van der Waals surface area contributed by atoms with Gasteiger partial charge in [0.25, 0.3) is 0 Å². The number of aryl methyl sites for hydroxylation is 1. The molecule has 0 bridgehead atoms. The van der Waals surface area contributed by atoms with Gasteiger partial charge in [-0.05, 0) is 36.2 Å². The number of rotatable bonds is 5. The lowest BCUT2D eigenvalue weighted by Gasteiger charge is -2.12. The summed E-state index contributed by atoms with van der Waals surface area (Å²) >= 11 is 0. The monoisotopic (exact) mass is 338 g/mol. The summed E-state index contributed by atoms with van der Waals surface area (Å²) in [7, 11) is 1.95. The maximum absolute atomic E-state index is 12.6. The highest BCUT2D eigenvalue weighted by Gasteiger charge is 2.29. The second-order valence-electron chi connectivity index (χ2n) is 5.43. The SMILES string of the molecule is CCNC(=NCc1ccn(C)c1)NCc1ccc(C(F)(F)F)cc1. The van der Waals surface area contributed by atoms with Crippen LogP contribution in [0.4, 0.5) is 13.2 Å². The van der Waals surface area contributed by atoms with Gasteiger partial charge in [0, 0.05) is 32.5 Å². The number of aliphatic imine (C=N–C) groups is 1.